The molecule has 3 aromatic carbocycles. The van der Waals surface area contributed by atoms with Crippen LogP contribution in [0.3, 0.4) is 0 Å². The SMILES string of the molecule is COc1ccc(/C=C/c2ccccc2C(=O)NC(Cc2ccccc2)C(=O)C(N)=O)cc1OC. The Bertz CT molecular complexity index is 1200. The molecule has 3 rings (SSSR count). The second-order valence-corrected chi connectivity index (χ2v) is 7.48. The van der Waals surface area contributed by atoms with Gasteiger partial charge in [-0.15, -0.1) is 0 Å². The molecule has 0 fully saturated rings. The van der Waals surface area contributed by atoms with Gasteiger partial charge in [0.1, 0.15) is 6.04 Å². The van der Waals surface area contributed by atoms with Gasteiger partial charge in [-0.2, -0.15) is 0 Å². The Balaban J connectivity index is 1.84. The molecular weight excluding hydrogens is 432 g/mol. The minimum Gasteiger partial charge on any atom is -0.493 e. The van der Waals surface area contributed by atoms with Crippen LogP contribution in [0.25, 0.3) is 12.2 Å². The lowest BCUT2D eigenvalue weighted by atomic mass is 10.00. The van der Waals surface area contributed by atoms with Crippen molar-refractivity contribution in [2.75, 3.05) is 14.2 Å². The molecule has 1 atom stereocenters. The Kier molecular flexibility index (Phi) is 8.18. The van der Waals surface area contributed by atoms with Crippen molar-refractivity contribution in [2.24, 2.45) is 5.73 Å². The number of ketones is 1. The molecule has 7 heteroatoms. The Morgan fingerprint density at radius 2 is 1.56 bits per heavy atom. The van der Waals surface area contributed by atoms with Crippen molar-refractivity contribution in [3.8, 4) is 11.5 Å². The first-order valence-corrected chi connectivity index (χ1v) is 10.6. The first kappa shape index (κ1) is 24.3. The summed E-state index contributed by atoms with van der Waals surface area (Å²) in [6.45, 7) is 0. The number of nitrogens with one attached hydrogen (secondary N) is 1. The smallest absolute Gasteiger partial charge is 0.287 e. The number of carbonyl (C=O) groups is 3. The van der Waals surface area contributed by atoms with E-state index in [9.17, 15) is 14.4 Å². The standard InChI is InChI=1S/C27H26N2O5/c1-33-23-15-13-19(17-24(23)34-2)12-14-20-10-6-7-11-21(20)27(32)29-22(25(30)26(28)31)16-18-8-4-3-5-9-18/h3-15,17,22H,16H2,1-2H3,(H2,28,31)(H,29,32)/b14-12+. The van der Waals surface area contributed by atoms with Gasteiger partial charge in [-0.05, 0) is 34.9 Å². The van der Waals surface area contributed by atoms with Crippen LogP contribution in [-0.4, -0.2) is 37.9 Å². The Morgan fingerprint density at radius 1 is 0.882 bits per heavy atom. The van der Waals surface area contributed by atoms with Crippen LogP contribution in [0.5, 0.6) is 11.5 Å². The molecule has 0 aliphatic rings. The van der Waals surface area contributed by atoms with Crippen LogP contribution < -0.4 is 20.5 Å². The zero-order valence-corrected chi connectivity index (χ0v) is 19.0. The monoisotopic (exact) mass is 458 g/mol. The van der Waals surface area contributed by atoms with Crippen LogP contribution >= 0.6 is 0 Å². The second-order valence-electron chi connectivity index (χ2n) is 7.48. The molecule has 0 saturated carbocycles. The molecule has 0 saturated heterocycles. The molecule has 0 bridgehead atoms. The van der Waals surface area contributed by atoms with Crippen molar-refractivity contribution < 1.29 is 23.9 Å². The molecule has 0 aliphatic heterocycles. The van der Waals surface area contributed by atoms with Crippen LogP contribution in [0.2, 0.25) is 0 Å². The summed E-state index contributed by atoms with van der Waals surface area (Å²) in [4.78, 5) is 37.1. The van der Waals surface area contributed by atoms with Gasteiger partial charge in [-0.1, -0.05) is 66.7 Å². The fourth-order valence-corrected chi connectivity index (χ4v) is 3.46. The van der Waals surface area contributed by atoms with Crippen molar-refractivity contribution in [3.63, 3.8) is 0 Å². The van der Waals surface area contributed by atoms with Gasteiger partial charge in [-0.3, -0.25) is 14.4 Å². The van der Waals surface area contributed by atoms with Crippen LogP contribution in [0.4, 0.5) is 0 Å². The van der Waals surface area contributed by atoms with Gasteiger partial charge in [0.15, 0.2) is 11.5 Å². The first-order chi connectivity index (χ1) is 16.4. The molecule has 0 aromatic heterocycles. The third-order valence-corrected chi connectivity index (χ3v) is 5.22. The van der Waals surface area contributed by atoms with E-state index >= 15 is 0 Å². The summed E-state index contributed by atoms with van der Waals surface area (Å²) in [5.41, 5.74) is 7.86. The number of nitrogens with two attached hydrogens (primary N) is 1. The molecule has 34 heavy (non-hydrogen) atoms. The average Bonchev–Trinajstić information content (AvgIpc) is 2.87. The van der Waals surface area contributed by atoms with Gasteiger partial charge < -0.3 is 20.5 Å². The predicted molar refractivity (Wildman–Crippen MR) is 131 cm³/mol. The van der Waals surface area contributed by atoms with E-state index in [2.05, 4.69) is 5.32 Å². The topological polar surface area (TPSA) is 108 Å². The highest BCUT2D eigenvalue weighted by atomic mass is 16.5. The van der Waals surface area contributed by atoms with Gasteiger partial charge in [0.25, 0.3) is 11.8 Å². The highest BCUT2D eigenvalue weighted by molar-refractivity contribution is 6.38. The molecular formula is C27H26N2O5. The van der Waals surface area contributed by atoms with Crippen molar-refractivity contribution in [1.82, 2.24) is 5.32 Å². The highest BCUT2D eigenvalue weighted by Gasteiger charge is 2.26. The van der Waals surface area contributed by atoms with Gasteiger partial charge in [0, 0.05) is 12.0 Å². The number of Topliss-reactive ketones (excluding diaryl/α,β-unsaturated/α-hetero) is 1. The molecule has 3 N–H and O–H groups in total. The molecule has 0 heterocycles. The molecule has 7 nitrogen and oxygen atoms in total. The van der Waals surface area contributed by atoms with Gasteiger partial charge >= 0.3 is 0 Å². The van der Waals surface area contributed by atoms with E-state index in [-0.39, 0.29) is 6.42 Å². The van der Waals surface area contributed by atoms with Gasteiger partial charge in [0.05, 0.1) is 14.2 Å². The van der Waals surface area contributed by atoms with Crippen LogP contribution in [0.15, 0.2) is 72.8 Å². The molecule has 174 valence electrons. The largest absolute Gasteiger partial charge is 0.493 e. The van der Waals surface area contributed by atoms with E-state index in [1.807, 2.05) is 48.5 Å². The summed E-state index contributed by atoms with van der Waals surface area (Å²) in [5, 5.41) is 2.68. The molecule has 0 aliphatic carbocycles. The number of amides is 2. The maximum atomic E-state index is 13.1. The summed E-state index contributed by atoms with van der Waals surface area (Å²) in [5.74, 6) is -1.23. The Labute approximate surface area is 198 Å². The third-order valence-electron chi connectivity index (χ3n) is 5.22. The maximum absolute atomic E-state index is 13.1. The van der Waals surface area contributed by atoms with E-state index in [1.54, 1.807) is 50.6 Å². The van der Waals surface area contributed by atoms with Gasteiger partial charge in [0.2, 0.25) is 5.78 Å². The molecule has 2 amide bonds. The second kappa shape index (κ2) is 11.5. The third kappa shape index (κ3) is 6.10. The van der Waals surface area contributed by atoms with Crippen LogP contribution in [0, 0.1) is 0 Å². The minimum atomic E-state index is -1.09. The summed E-state index contributed by atoms with van der Waals surface area (Å²) >= 11 is 0. The lowest BCUT2D eigenvalue weighted by Crippen LogP contribution is -2.47. The quantitative estimate of drug-likeness (QED) is 0.358. The van der Waals surface area contributed by atoms with E-state index in [4.69, 9.17) is 15.2 Å². The number of hydrogen-bond donors (Lipinski definition) is 2. The summed E-state index contributed by atoms with van der Waals surface area (Å²) in [7, 11) is 3.13. The highest BCUT2D eigenvalue weighted by Crippen LogP contribution is 2.28. The summed E-state index contributed by atoms with van der Waals surface area (Å²) in [6.07, 6.45) is 3.78. The number of methoxy groups -OCH3 is 2. The summed E-state index contributed by atoms with van der Waals surface area (Å²) in [6, 6.07) is 20.5. The minimum absolute atomic E-state index is 0.151. The molecule has 0 radical (unpaired) electrons. The number of carbonyl (C=O) groups excluding carboxylic acids is 3. The zero-order chi connectivity index (χ0) is 24.5. The van der Waals surface area contributed by atoms with Crippen LogP contribution in [0.1, 0.15) is 27.0 Å². The lowest BCUT2D eigenvalue weighted by molar-refractivity contribution is -0.137. The van der Waals surface area contributed by atoms with Crippen molar-refractivity contribution in [3.05, 3.63) is 95.1 Å². The first-order valence-electron chi connectivity index (χ1n) is 10.6. The summed E-state index contributed by atoms with van der Waals surface area (Å²) < 4.78 is 10.6. The molecule has 0 spiro atoms. The molecule has 1 unspecified atom stereocenters. The average molecular weight is 459 g/mol. The normalized spacial score (nSPS) is 11.6. The van der Waals surface area contributed by atoms with Crippen LogP contribution in [-0.2, 0) is 16.0 Å². The number of rotatable bonds is 10. The van der Waals surface area contributed by atoms with Crippen molar-refractivity contribution in [2.45, 2.75) is 12.5 Å². The fourth-order valence-electron chi connectivity index (χ4n) is 3.46. The van der Waals surface area contributed by atoms with E-state index < -0.39 is 23.6 Å². The van der Waals surface area contributed by atoms with Crippen molar-refractivity contribution >= 4 is 29.7 Å². The maximum Gasteiger partial charge on any atom is 0.287 e. The number of ether oxygens (including phenoxy) is 2. The van der Waals surface area contributed by atoms with E-state index in [1.165, 1.54) is 0 Å². The lowest BCUT2D eigenvalue weighted by Gasteiger charge is -2.17. The number of hydrogen-bond acceptors (Lipinski definition) is 5. The van der Waals surface area contributed by atoms with E-state index in [0.29, 0.717) is 22.6 Å². The fraction of sp³-hybridized carbons (Fsp3) is 0.148. The van der Waals surface area contributed by atoms with Gasteiger partial charge in [-0.25, -0.2) is 0 Å². The number of primary amides is 1. The predicted octanol–water partition coefficient (Wildman–Crippen LogP) is 3.27. The Morgan fingerprint density at radius 3 is 2.24 bits per heavy atom. The molecule has 3 aromatic rings. The van der Waals surface area contributed by atoms with E-state index in [0.717, 1.165) is 11.1 Å². The Hall–Kier alpha value is -4.39. The zero-order valence-electron chi connectivity index (χ0n) is 19.0. The van der Waals surface area contributed by atoms with Crippen molar-refractivity contribution in [1.29, 1.82) is 0 Å². The number of benzene rings is 3.